The van der Waals surface area contributed by atoms with E-state index in [9.17, 15) is 17.6 Å². The minimum absolute atomic E-state index is 0.118. The van der Waals surface area contributed by atoms with Gasteiger partial charge in [-0.15, -0.1) is 0 Å². The molecule has 0 aliphatic rings. The zero-order valence-electron chi connectivity index (χ0n) is 14.5. The normalized spacial score (nSPS) is 11.0. The van der Waals surface area contributed by atoms with Gasteiger partial charge in [0.1, 0.15) is 5.82 Å². The molecule has 0 aliphatic carbocycles. The van der Waals surface area contributed by atoms with Crippen LogP contribution in [0.5, 0.6) is 0 Å². The smallest absolute Gasteiger partial charge is 0.264 e. The SMILES string of the molecule is CN(c1ccccc1C(=O)Nc1cccc(F)c1)S(=O)(=O)c1ccccc1. The Bertz CT molecular complexity index is 1070. The van der Waals surface area contributed by atoms with Gasteiger partial charge in [-0.1, -0.05) is 36.4 Å². The second-order valence-electron chi connectivity index (χ2n) is 5.77. The van der Waals surface area contributed by atoms with Gasteiger partial charge >= 0.3 is 0 Å². The van der Waals surface area contributed by atoms with Crippen LogP contribution >= 0.6 is 0 Å². The molecule has 138 valence electrons. The van der Waals surface area contributed by atoms with E-state index in [2.05, 4.69) is 5.32 Å². The van der Waals surface area contributed by atoms with E-state index in [0.717, 1.165) is 4.31 Å². The maximum atomic E-state index is 13.3. The first-order valence-electron chi connectivity index (χ1n) is 8.09. The van der Waals surface area contributed by atoms with Gasteiger partial charge in [0, 0.05) is 12.7 Å². The van der Waals surface area contributed by atoms with Crippen molar-refractivity contribution in [2.45, 2.75) is 4.90 Å². The van der Waals surface area contributed by atoms with Crippen molar-refractivity contribution in [3.63, 3.8) is 0 Å². The fourth-order valence-electron chi connectivity index (χ4n) is 2.58. The van der Waals surface area contributed by atoms with Crippen LogP contribution in [0.1, 0.15) is 10.4 Å². The molecule has 27 heavy (non-hydrogen) atoms. The summed E-state index contributed by atoms with van der Waals surface area (Å²) in [4.78, 5) is 12.8. The monoisotopic (exact) mass is 384 g/mol. The summed E-state index contributed by atoms with van der Waals surface area (Å²) in [5.41, 5.74) is 0.655. The number of sulfonamides is 1. The van der Waals surface area contributed by atoms with Crippen LogP contribution in [0.25, 0.3) is 0 Å². The maximum Gasteiger partial charge on any atom is 0.264 e. The van der Waals surface area contributed by atoms with Crippen molar-refractivity contribution >= 4 is 27.3 Å². The predicted molar refractivity (Wildman–Crippen MR) is 103 cm³/mol. The molecule has 0 unspecified atom stereocenters. The summed E-state index contributed by atoms with van der Waals surface area (Å²) in [6.45, 7) is 0. The van der Waals surface area contributed by atoms with Crippen LogP contribution in [-0.4, -0.2) is 21.4 Å². The fourth-order valence-corrected chi connectivity index (χ4v) is 3.82. The molecule has 0 fully saturated rings. The Morgan fingerprint density at radius 1 is 0.926 bits per heavy atom. The largest absolute Gasteiger partial charge is 0.322 e. The van der Waals surface area contributed by atoms with E-state index >= 15 is 0 Å². The van der Waals surface area contributed by atoms with E-state index in [1.807, 2.05) is 0 Å². The molecule has 3 rings (SSSR count). The summed E-state index contributed by atoms with van der Waals surface area (Å²) in [5.74, 6) is -1.02. The summed E-state index contributed by atoms with van der Waals surface area (Å²) in [6.07, 6.45) is 0. The third kappa shape index (κ3) is 3.98. The predicted octanol–water partition coefficient (Wildman–Crippen LogP) is 3.90. The second kappa shape index (κ2) is 7.59. The van der Waals surface area contributed by atoms with Crippen molar-refractivity contribution in [1.29, 1.82) is 0 Å². The summed E-state index contributed by atoms with van der Waals surface area (Å²) < 4.78 is 40.1. The lowest BCUT2D eigenvalue weighted by Crippen LogP contribution is -2.29. The van der Waals surface area contributed by atoms with Crippen molar-refractivity contribution in [2.75, 3.05) is 16.7 Å². The first-order valence-corrected chi connectivity index (χ1v) is 9.53. The van der Waals surface area contributed by atoms with Gasteiger partial charge in [0.2, 0.25) is 0 Å². The number of carbonyl (C=O) groups excluding carboxylic acids is 1. The van der Waals surface area contributed by atoms with E-state index < -0.39 is 21.7 Å². The van der Waals surface area contributed by atoms with Crippen LogP contribution in [0.4, 0.5) is 15.8 Å². The van der Waals surface area contributed by atoms with E-state index in [4.69, 9.17) is 0 Å². The van der Waals surface area contributed by atoms with E-state index in [0.29, 0.717) is 0 Å². The topological polar surface area (TPSA) is 66.5 Å². The number of nitrogens with zero attached hydrogens (tertiary/aromatic N) is 1. The summed E-state index contributed by atoms with van der Waals surface area (Å²) in [5, 5.41) is 2.59. The summed E-state index contributed by atoms with van der Waals surface area (Å²) in [6, 6.07) is 19.8. The molecular formula is C20H17FN2O3S. The lowest BCUT2D eigenvalue weighted by molar-refractivity contribution is 0.102. The third-order valence-electron chi connectivity index (χ3n) is 3.97. The molecule has 3 aromatic rings. The minimum atomic E-state index is -3.83. The fraction of sp³-hybridized carbons (Fsp3) is 0.0500. The number of rotatable bonds is 5. The van der Waals surface area contributed by atoms with Crippen LogP contribution in [0.3, 0.4) is 0 Å². The summed E-state index contributed by atoms with van der Waals surface area (Å²) >= 11 is 0. The molecule has 0 aliphatic heterocycles. The van der Waals surface area contributed by atoms with Crippen molar-refractivity contribution in [3.8, 4) is 0 Å². The number of carbonyl (C=O) groups is 1. The highest BCUT2D eigenvalue weighted by Gasteiger charge is 2.24. The highest BCUT2D eigenvalue weighted by atomic mass is 32.2. The number of benzene rings is 3. The number of para-hydroxylation sites is 1. The molecule has 1 amide bonds. The lowest BCUT2D eigenvalue weighted by Gasteiger charge is -2.22. The molecule has 0 atom stereocenters. The third-order valence-corrected chi connectivity index (χ3v) is 5.76. The van der Waals surface area contributed by atoms with Gasteiger partial charge < -0.3 is 5.32 Å². The Balaban J connectivity index is 1.95. The summed E-state index contributed by atoms with van der Waals surface area (Å²) in [7, 11) is -2.45. The van der Waals surface area contributed by atoms with E-state index in [1.54, 1.807) is 42.5 Å². The molecule has 0 spiro atoms. The molecular weight excluding hydrogens is 367 g/mol. The van der Waals surface area contributed by atoms with Crippen LogP contribution in [-0.2, 0) is 10.0 Å². The van der Waals surface area contributed by atoms with Crippen LogP contribution in [0.15, 0.2) is 83.8 Å². The molecule has 5 nitrogen and oxygen atoms in total. The second-order valence-corrected chi connectivity index (χ2v) is 7.74. The molecule has 1 N–H and O–H groups in total. The zero-order chi connectivity index (χ0) is 19.4. The van der Waals surface area contributed by atoms with Gasteiger partial charge in [0.25, 0.3) is 15.9 Å². The van der Waals surface area contributed by atoms with Crippen LogP contribution < -0.4 is 9.62 Å². The molecule has 3 aromatic carbocycles. The standard InChI is InChI=1S/C20H17FN2O3S/c1-23(27(25,26)17-10-3-2-4-11-17)19-13-6-5-12-18(19)20(24)22-16-9-7-8-15(21)14-16/h2-14H,1H3,(H,22,24). The Labute approximate surface area is 157 Å². The Morgan fingerprint density at radius 2 is 1.59 bits per heavy atom. The molecule has 0 heterocycles. The molecule has 0 aromatic heterocycles. The van der Waals surface area contributed by atoms with Crippen LogP contribution in [0, 0.1) is 5.82 Å². The van der Waals surface area contributed by atoms with Gasteiger partial charge in [-0.3, -0.25) is 9.10 Å². The first-order chi connectivity index (χ1) is 12.9. The number of halogens is 1. The van der Waals surface area contributed by atoms with Gasteiger partial charge in [-0.2, -0.15) is 0 Å². The minimum Gasteiger partial charge on any atom is -0.322 e. The number of anilines is 2. The number of hydrogen-bond donors (Lipinski definition) is 1. The number of amides is 1. The quantitative estimate of drug-likeness (QED) is 0.725. The molecule has 0 saturated carbocycles. The zero-order valence-corrected chi connectivity index (χ0v) is 15.3. The molecule has 7 heteroatoms. The number of hydrogen-bond acceptors (Lipinski definition) is 3. The average molecular weight is 384 g/mol. The highest BCUT2D eigenvalue weighted by Crippen LogP contribution is 2.26. The molecule has 0 radical (unpaired) electrons. The van der Waals surface area contributed by atoms with E-state index in [1.165, 1.54) is 43.4 Å². The van der Waals surface area contributed by atoms with Crippen molar-refractivity contribution in [3.05, 3.63) is 90.2 Å². The average Bonchev–Trinajstić information content (AvgIpc) is 2.68. The molecule has 0 bridgehead atoms. The number of nitrogens with one attached hydrogen (secondary N) is 1. The van der Waals surface area contributed by atoms with Gasteiger partial charge in [0.15, 0.2) is 0 Å². The Morgan fingerprint density at radius 3 is 2.30 bits per heavy atom. The van der Waals surface area contributed by atoms with Crippen molar-refractivity contribution in [1.82, 2.24) is 0 Å². The maximum absolute atomic E-state index is 13.3. The van der Waals surface area contributed by atoms with Crippen molar-refractivity contribution < 1.29 is 17.6 Å². The van der Waals surface area contributed by atoms with Gasteiger partial charge in [0.05, 0.1) is 16.1 Å². The molecule has 0 saturated heterocycles. The van der Waals surface area contributed by atoms with Gasteiger partial charge in [-0.25, -0.2) is 12.8 Å². The highest BCUT2D eigenvalue weighted by molar-refractivity contribution is 7.92. The lowest BCUT2D eigenvalue weighted by atomic mass is 10.1. The Kier molecular flexibility index (Phi) is 5.23. The van der Waals surface area contributed by atoms with Crippen LogP contribution in [0.2, 0.25) is 0 Å². The van der Waals surface area contributed by atoms with Crippen molar-refractivity contribution in [2.24, 2.45) is 0 Å². The first kappa shape index (κ1) is 18.6. The van der Waals surface area contributed by atoms with E-state index in [-0.39, 0.29) is 21.8 Å². The van der Waals surface area contributed by atoms with Gasteiger partial charge in [-0.05, 0) is 42.5 Å². The Hall–Kier alpha value is -3.19.